The van der Waals surface area contributed by atoms with Gasteiger partial charge in [0.05, 0.1) is 37.3 Å². The van der Waals surface area contributed by atoms with Crippen molar-refractivity contribution in [3.05, 3.63) is 40.5 Å². The first-order valence-corrected chi connectivity index (χ1v) is 13.9. The Morgan fingerprint density at radius 2 is 1.85 bits per heavy atom. The molecule has 1 amide bonds. The van der Waals surface area contributed by atoms with Crippen LogP contribution in [0.15, 0.2) is 24.5 Å². The number of esters is 1. The molecule has 11 heteroatoms. The normalized spacial score (nSPS) is 19.6. The summed E-state index contributed by atoms with van der Waals surface area (Å²) < 4.78 is 22.6. The van der Waals surface area contributed by atoms with Gasteiger partial charge in [-0.05, 0) is 56.2 Å². The molecule has 3 aromatic rings. The quantitative estimate of drug-likeness (QED) is 0.387. The van der Waals surface area contributed by atoms with E-state index in [-0.39, 0.29) is 29.2 Å². The van der Waals surface area contributed by atoms with E-state index in [2.05, 4.69) is 41.3 Å². The number of carbonyl (C=O) groups excluding carboxylic acids is 2. The minimum Gasteiger partial charge on any atom is -0.481 e. The zero-order valence-corrected chi connectivity index (χ0v) is 23.5. The highest BCUT2D eigenvalue weighted by atomic mass is 32.1. The number of methoxy groups -OCH3 is 2. The summed E-state index contributed by atoms with van der Waals surface area (Å²) >= 11 is 1.38. The number of hydrogen-bond acceptors (Lipinski definition) is 10. The van der Waals surface area contributed by atoms with Crippen LogP contribution in [-0.2, 0) is 15.1 Å². The number of thiazole rings is 1. The van der Waals surface area contributed by atoms with Crippen LogP contribution in [0.2, 0.25) is 0 Å². The predicted molar refractivity (Wildman–Crippen MR) is 146 cm³/mol. The highest BCUT2D eigenvalue weighted by Gasteiger charge is 2.47. The van der Waals surface area contributed by atoms with Crippen LogP contribution >= 0.6 is 11.3 Å². The molecule has 1 aliphatic heterocycles. The van der Waals surface area contributed by atoms with Crippen molar-refractivity contribution in [3.63, 3.8) is 0 Å². The van der Waals surface area contributed by atoms with Gasteiger partial charge in [0.2, 0.25) is 11.8 Å². The van der Waals surface area contributed by atoms with Gasteiger partial charge in [-0.25, -0.2) is 15.0 Å². The molecule has 1 aliphatic carbocycles. The lowest BCUT2D eigenvalue weighted by molar-refractivity contribution is -0.150. The number of fused-ring (bicyclic) bond motifs is 4. The average molecular weight is 553 g/mol. The van der Waals surface area contributed by atoms with E-state index in [9.17, 15) is 9.59 Å². The summed E-state index contributed by atoms with van der Waals surface area (Å²) in [5.74, 6) is 0.498. The number of carbonyl (C=O) groups is 2. The van der Waals surface area contributed by atoms with E-state index < -0.39 is 11.5 Å². The van der Waals surface area contributed by atoms with Crippen molar-refractivity contribution >= 4 is 28.3 Å². The summed E-state index contributed by atoms with van der Waals surface area (Å²) in [5, 5.41) is 3.30. The minimum atomic E-state index is -0.646. The molecule has 10 nitrogen and oxygen atoms in total. The van der Waals surface area contributed by atoms with Crippen molar-refractivity contribution in [2.75, 3.05) is 26.1 Å². The summed E-state index contributed by atoms with van der Waals surface area (Å²) in [7, 11) is 2.85. The third-order valence-electron chi connectivity index (χ3n) is 7.30. The van der Waals surface area contributed by atoms with Crippen molar-refractivity contribution in [1.82, 2.24) is 15.0 Å². The Balaban J connectivity index is 1.52. The molecule has 5 rings (SSSR count). The molecule has 1 N–H and O–H groups in total. The van der Waals surface area contributed by atoms with Gasteiger partial charge in [-0.2, -0.15) is 0 Å². The summed E-state index contributed by atoms with van der Waals surface area (Å²) in [4.78, 5) is 39.7. The first-order valence-electron chi connectivity index (χ1n) is 13.1. The molecule has 0 bridgehead atoms. The number of amides is 1. The lowest BCUT2D eigenvalue weighted by Crippen LogP contribution is -2.40. The van der Waals surface area contributed by atoms with E-state index in [0.717, 1.165) is 21.9 Å². The largest absolute Gasteiger partial charge is 0.481 e. The fraction of sp³-hybridized carbons (Fsp3) is 0.464. The minimum absolute atomic E-state index is 0.0820. The van der Waals surface area contributed by atoms with Crippen molar-refractivity contribution in [2.45, 2.75) is 58.0 Å². The zero-order chi connectivity index (χ0) is 27.7. The fourth-order valence-electron chi connectivity index (χ4n) is 5.23. The summed E-state index contributed by atoms with van der Waals surface area (Å²) in [5.41, 5.74) is 2.26. The molecular formula is C28H32N4O6S. The van der Waals surface area contributed by atoms with E-state index in [0.29, 0.717) is 43.3 Å². The van der Waals surface area contributed by atoms with Gasteiger partial charge >= 0.3 is 5.97 Å². The van der Waals surface area contributed by atoms with Crippen molar-refractivity contribution < 1.29 is 28.5 Å². The van der Waals surface area contributed by atoms with E-state index in [1.807, 2.05) is 13.0 Å². The lowest BCUT2D eigenvalue weighted by atomic mass is 9.76. The number of rotatable bonds is 7. The molecule has 0 radical (unpaired) electrons. The Labute approximate surface area is 231 Å². The molecule has 2 aliphatic rings. The summed E-state index contributed by atoms with van der Waals surface area (Å²) in [6, 6.07) is 6.20. The Morgan fingerprint density at radius 1 is 1.15 bits per heavy atom. The zero-order valence-electron chi connectivity index (χ0n) is 22.7. The maximum Gasteiger partial charge on any atom is 0.308 e. The molecule has 2 aromatic heterocycles. The number of aromatic nitrogens is 3. The SMILES string of the molecule is CCOC(=O)C1CCC2(CC1)Oc1cc(C(C)C)ccc1-c1nc(NC(=O)c3c(OC)ncnc3OC)sc12. The number of hydrogen-bond donors (Lipinski definition) is 1. The maximum absolute atomic E-state index is 13.3. The molecule has 0 saturated heterocycles. The van der Waals surface area contributed by atoms with Gasteiger partial charge in [-0.15, -0.1) is 0 Å². The van der Waals surface area contributed by atoms with Crippen LogP contribution < -0.4 is 19.5 Å². The second kappa shape index (κ2) is 10.8. The molecule has 0 unspecified atom stereocenters. The first kappa shape index (κ1) is 26.9. The van der Waals surface area contributed by atoms with E-state index in [4.69, 9.17) is 23.9 Å². The highest BCUT2D eigenvalue weighted by Crippen LogP contribution is 2.55. The molecule has 206 valence electrons. The van der Waals surface area contributed by atoms with Gasteiger partial charge in [-0.1, -0.05) is 31.3 Å². The number of ether oxygens (including phenoxy) is 4. The Bertz CT molecular complexity index is 1370. The first-order chi connectivity index (χ1) is 18.8. The van der Waals surface area contributed by atoms with Crippen molar-refractivity contribution in [2.24, 2.45) is 5.92 Å². The maximum atomic E-state index is 13.3. The lowest BCUT2D eigenvalue weighted by Gasteiger charge is -2.42. The predicted octanol–water partition coefficient (Wildman–Crippen LogP) is 5.33. The van der Waals surface area contributed by atoms with Crippen LogP contribution in [0, 0.1) is 5.92 Å². The Kier molecular flexibility index (Phi) is 7.44. The smallest absolute Gasteiger partial charge is 0.308 e. The number of nitrogens with one attached hydrogen (secondary N) is 1. The molecule has 3 heterocycles. The van der Waals surface area contributed by atoms with Crippen LogP contribution in [0.5, 0.6) is 17.5 Å². The van der Waals surface area contributed by atoms with E-state index >= 15 is 0 Å². The van der Waals surface area contributed by atoms with Gasteiger partial charge < -0.3 is 18.9 Å². The van der Waals surface area contributed by atoms with Gasteiger partial charge in [-0.3, -0.25) is 14.9 Å². The van der Waals surface area contributed by atoms with Crippen LogP contribution in [0.1, 0.15) is 73.2 Å². The van der Waals surface area contributed by atoms with Gasteiger partial charge in [0.1, 0.15) is 17.7 Å². The number of anilines is 1. The van der Waals surface area contributed by atoms with Gasteiger partial charge in [0.15, 0.2) is 10.7 Å². The monoisotopic (exact) mass is 552 g/mol. The standard InChI is InChI=1S/C28H32N4O6S/c1-6-37-26(34)16-9-11-28(12-10-16)22-21(18-8-7-17(15(2)3)13-19(18)38-28)31-27(39-22)32-23(33)20-24(35-4)29-14-30-25(20)36-5/h7-8,13-16H,6,9-12H2,1-5H3,(H,31,32,33). The van der Waals surface area contributed by atoms with Crippen LogP contribution in [0.25, 0.3) is 11.3 Å². The molecule has 1 fully saturated rings. The van der Waals surface area contributed by atoms with Crippen LogP contribution in [0.3, 0.4) is 0 Å². The van der Waals surface area contributed by atoms with Crippen molar-refractivity contribution in [1.29, 1.82) is 0 Å². The van der Waals surface area contributed by atoms with E-state index in [1.165, 1.54) is 37.4 Å². The van der Waals surface area contributed by atoms with Crippen molar-refractivity contribution in [3.8, 4) is 28.8 Å². The number of benzene rings is 1. The van der Waals surface area contributed by atoms with Crippen LogP contribution in [-0.4, -0.2) is 47.7 Å². The van der Waals surface area contributed by atoms with Crippen LogP contribution in [0.4, 0.5) is 5.13 Å². The second-order valence-corrected chi connectivity index (χ2v) is 11.0. The third kappa shape index (κ3) is 4.91. The third-order valence-corrected chi connectivity index (χ3v) is 8.46. The molecular weight excluding hydrogens is 520 g/mol. The molecule has 39 heavy (non-hydrogen) atoms. The summed E-state index contributed by atoms with van der Waals surface area (Å²) in [6.45, 7) is 6.47. The molecule has 0 atom stereocenters. The molecule has 1 saturated carbocycles. The van der Waals surface area contributed by atoms with Gasteiger partial charge in [0, 0.05) is 5.56 Å². The average Bonchev–Trinajstić information content (AvgIpc) is 3.37. The Morgan fingerprint density at radius 3 is 2.46 bits per heavy atom. The summed E-state index contributed by atoms with van der Waals surface area (Å²) in [6.07, 6.45) is 3.84. The van der Waals surface area contributed by atoms with E-state index in [1.54, 1.807) is 0 Å². The highest BCUT2D eigenvalue weighted by molar-refractivity contribution is 7.16. The Hall–Kier alpha value is -3.73. The van der Waals surface area contributed by atoms with Gasteiger partial charge in [0.25, 0.3) is 5.91 Å². The second-order valence-electron chi connectivity index (χ2n) is 9.95. The molecule has 1 spiro atoms. The topological polar surface area (TPSA) is 122 Å². The number of nitrogens with zero attached hydrogens (tertiary/aromatic N) is 3. The molecule has 1 aromatic carbocycles. The fourth-order valence-corrected chi connectivity index (χ4v) is 6.38.